The number of aromatic nitrogens is 1. The Kier molecular flexibility index (Phi) is 4.46. The van der Waals surface area contributed by atoms with Crippen LogP contribution in [-0.2, 0) is 0 Å². The van der Waals surface area contributed by atoms with Gasteiger partial charge in [-0.3, -0.25) is 10.1 Å². The van der Waals surface area contributed by atoms with Crippen LogP contribution in [0.5, 0.6) is 0 Å². The van der Waals surface area contributed by atoms with E-state index in [0.29, 0.717) is 6.54 Å². The molecule has 8 nitrogen and oxygen atoms in total. The van der Waals surface area contributed by atoms with Crippen molar-refractivity contribution >= 4 is 17.5 Å². The molecule has 108 valence electrons. The van der Waals surface area contributed by atoms with Crippen LogP contribution < -0.4 is 5.73 Å². The molecule has 0 radical (unpaired) electrons. The molecule has 2 rings (SSSR count). The maximum Gasteiger partial charge on any atom is 0.313 e. The van der Waals surface area contributed by atoms with E-state index in [9.17, 15) is 15.2 Å². The maximum atomic E-state index is 10.9. The van der Waals surface area contributed by atoms with Crippen molar-refractivity contribution in [3.05, 3.63) is 28.4 Å². The second-order valence-corrected chi connectivity index (χ2v) is 4.71. The first kappa shape index (κ1) is 14.2. The lowest BCUT2D eigenvalue weighted by atomic mass is 9.99. The Hall–Kier alpha value is -2.22. The molecule has 1 atom stereocenters. The van der Waals surface area contributed by atoms with Gasteiger partial charge in [0, 0.05) is 32.0 Å². The number of pyridine rings is 1. The van der Waals surface area contributed by atoms with Gasteiger partial charge in [-0.15, -0.1) is 0 Å². The summed E-state index contributed by atoms with van der Waals surface area (Å²) in [4.78, 5) is 20.1. The number of aliphatic imine (C=N–C) groups is 1. The fourth-order valence-corrected chi connectivity index (χ4v) is 2.22. The van der Waals surface area contributed by atoms with Gasteiger partial charge in [0.25, 0.3) is 0 Å². The van der Waals surface area contributed by atoms with E-state index in [0.717, 1.165) is 19.4 Å². The molecular weight excluding hydrogens is 262 g/mol. The van der Waals surface area contributed by atoms with Crippen LogP contribution in [0.25, 0.3) is 0 Å². The van der Waals surface area contributed by atoms with Crippen molar-refractivity contribution in [2.45, 2.75) is 12.8 Å². The molecule has 1 saturated heterocycles. The molecule has 1 aliphatic rings. The standard InChI is InChI=1S/C12H17N5O3/c13-12(16-6-2-3-9(7-16)8-18)15-11-10(17(19)20)4-1-5-14-11/h1,4-5,9,18H,2-3,6-8H2,(H2,13,14,15)/t9-/m0/s1. The minimum Gasteiger partial charge on any atom is -0.396 e. The van der Waals surface area contributed by atoms with Gasteiger partial charge in [-0.1, -0.05) is 0 Å². The summed E-state index contributed by atoms with van der Waals surface area (Å²) in [6, 6.07) is 2.82. The second-order valence-electron chi connectivity index (χ2n) is 4.71. The predicted octanol–water partition coefficient (Wildman–Crippen LogP) is 0.640. The van der Waals surface area contributed by atoms with Crippen LogP contribution in [0.4, 0.5) is 11.5 Å². The third-order valence-corrected chi connectivity index (χ3v) is 3.28. The molecule has 0 amide bonds. The minimum atomic E-state index is -0.536. The molecule has 0 bridgehead atoms. The molecule has 0 aromatic carbocycles. The van der Waals surface area contributed by atoms with Crippen molar-refractivity contribution in [3.8, 4) is 0 Å². The highest BCUT2D eigenvalue weighted by Gasteiger charge is 2.22. The summed E-state index contributed by atoms with van der Waals surface area (Å²) in [5.41, 5.74) is 5.72. The number of nitro groups is 1. The van der Waals surface area contributed by atoms with Gasteiger partial charge >= 0.3 is 5.69 Å². The molecule has 0 saturated carbocycles. The van der Waals surface area contributed by atoms with Gasteiger partial charge < -0.3 is 15.7 Å². The maximum absolute atomic E-state index is 10.9. The lowest BCUT2D eigenvalue weighted by Gasteiger charge is -2.32. The van der Waals surface area contributed by atoms with Crippen LogP contribution in [0.15, 0.2) is 23.3 Å². The smallest absolute Gasteiger partial charge is 0.313 e. The number of likely N-dealkylation sites (tertiary alicyclic amines) is 1. The SMILES string of the molecule is NC(=Nc1ncccc1[N+](=O)[O-])N1CCC[C@H](CO)C1. The number of hydrogen-bond donors (Lipinski definition) is 2. The van der Waals surface area contributed by atoms with E-state index in [2.05, 4.69) is 9.98 Å². The van der Waals surface area contributed by atoms with E-state index in [4.69, 9.17) is 5.73 Å². The van der Waals surface area contributed by atoms with Crippen LogP contribution in [0.3, 0.4) is 0 Å². The van der Waals surface area contributed by atoms with Gasteiger partial charge in [-0.2, -0.15) is 4.99 Å². The summed E-state index contributed by atoms with van der Waals surface area (Å²) in [5, 5.41) is 20.1. The van der Waals surface area contributed by atoms with Crippen LogP contribution in [-0.4, -0.2) is 45.6 Å². The molecule has 20 heavy (non-hydrogen) atoms. The number of aliphatic hydroxyl groups is 1. The van der Waals surface area contributed by atoms with Gasteiger partial charge in [0.1, 0.15) is 0 Å². The van der Waals surface area contributed by atoms with Crippen molar-refractivity contribution in [2.24, 2.45) is 16.6 Å². The first-order valence-corrected chi connectivity index (χ1v) is 6.41. The fraction of sp³-hybridized carbons (Fsp3) is 0.500. The van der Waals surface area contributed by atoms with Crippen LogP contribution in [0.2, 0.25) is 0 Å². The average molecular weight is 279 g/mol. The van der Waals surface area contributed by atoms with Gasteiger partial charge in [0.2, 0.25) is 5.82 Å². The number of rotatable bonds is 3. The number of nitrogens with two attached hydrogens (primary N) is 1. The van der Waals surface area contributed by atoms with Gasteiger partial charge in [-0.25, -0.2) is 4.98 Å². The van der Waals surface area contributed by atoms with E-state index in [-0.39, 0.29) is 30.0 Å². The average Bonchev–Trinajstić information content (AvgIpc) is 2.47. The van der Waals surface area contributed by atoms with E-state index in [1.165, 1.54) is 18.3 Å². The van der Waals surface area contributed by atoms with E-state index in [1.54, 1.807) is 0 Å². The summed E-state index contributed by atoms with van der Waals surface area (Å²) in [6.07, 6.45) is 3.29. The van der Waals surface area contributed by atoms with Crippen LogP contribution in [0.1, 0.15) is 12.8 Å². The number of nitrogens with zero attached hydrogens (tertiary/aromatic N) is 4. The van der Waals surface area contributed by atoms with Crippen molar-refractivity contribution in [1.82, 2.24) is 9.88 Å². The zero-order valence-electron chi connectivity index (χ0n) is 11.0. The second kappa shape index (κ2) is 6.29. The first-order valence-electron chi connectivity index (χ1n) is 6.41. The van der Waals surface area contributed by atoms with E-state index in [1.807, 2.05) is 4.90 Å². The number of guanidine groups is 1. The topological polar surface area (TPSA) is 118 Å². The number of hydrogen-bond acceptors (Lipinski definition) is 5. The molecule has 0 aliphatic carbocycles. The van der Waals surface area contributed by atoms with Gasteiger partial charge in [0.15, 0.2) is 5.96 Å². The highest BCUT2D eigenvalue weighted by atomic mass is 16.6. The lowest BCUT2D eigenvalue weighted by molar-refractivity contribution is -0.384. The molecule has 0 spiro atoms. The van der Waals surface area contributed by atoms with E-state index >= 15 is 0 Å². The van der Waals surface area contributed by atoms with Crippen LogP contribution >= 0.6 is 0 Å². The largest absolute Gasteiger partial charge is 0.396 e. The normalized spacial score (nSPS) is 19.9. The first-order chi connectivity index (χ1) is 9.61. The third-order valence-electron chi connectivity index (χ3n) is 3.28. The Morgan fingerprint density at radius 3 is 3.20 bits per heavy atom. The number of piperidine rings is 1. The Balaban J connectivity index is 2.20. The van der Waals surface area contributed by atoms with Crippen molar-refractivity contribution < 1.29 is 10.0 Å². The molecule has 1 fully saturated rings. The van der Waals surface area contributed by atoms with Gasteiger partial charge in [-0.05, 0) is 24.8 Å². The third kappa shape index (κ3) is 3.21. The monoisotopic (exact) mass is 279 g/mol. The predicted molar refractivity (Wildman–Crippen MR) is 73.6 cm³/mol. The highest BCUT2D eigenvalue weighted by Crippen LogP contribution is 2.24. The Morgan fingerprint density at radius 1 is 1.70 bits per heavy atom. The summed E-state index contributed by atoms with van der Waals surface area (Å²) in [7, 11) is 0. The van der Waals surface area contributed by atoms with Crippen molar-refractivity contribution in [2.75, 3.05) is 19.7 Å². The molecule has 1 aromatic heterocycles. The summed E-state index contributed by atoms with van der Waals surface area (Å²) >= 11 is 0. The zero-order valence-corrected chi connectivity index (χ0v) is 11.0. The van der Waals surface area contributed by atoms with Crippen LogP contribution in [0, 0.1) is 16.0 Å². The fourth-order valence-electron chi connectivity index (χ4n) is 2.22. The summed E-state index contributed by atoms with van der Waals surface area (Å²) in [5.74, 6) is 0.363. The molecule has 8 heteroatoms. The molecule has 0 unspecified atom stereocenters. The molecular formula is C12H17N5O3. The zero-order chi connectivity index (χ0) is 14.5. The lowest BCUT2D eigenvalue weighted by Crippen LogP contribution is -2.44. The minimum absolute atomic E-state index is 0.00104. The van der Waals surface area contributed by atoms with Crippen molar-refractivity contribution in [3.63, 3.8) is 0 Å². The molecule has 1 aromatic rings. The Morgan fingerprint density at radius 2 is 2.50 bits per heavy atom. The Labute approximate surface area is 116 Å². The Bertz CT molecular complexity index is 520. The summed E-state index contributed by atoms with van der Waals surface area (Å²) < 4.78 is 0. The van der Waals surface area contributed by atoms with E-state index < -0.39 is 4.92 Å². The quantitative estimate of drug-likeness (QED) is 0.363. The highest BCUT2D eigenvalue weighted by molar-refractivity contribution is 5.81. The summed E-state index contributed by atoms with van der Waals surface area (Å²) in [6.45, 7) is 1.44. The van der Waals surface area contributed by atoms with Gasteiger partial charge in [0.05, 0.1) is 4.92 Å². The molecule has 1 aliphatic heterocycles. The number of aliphatic hydroxyl groups excluding tert-OH is 1. The molecule has 3 N–H and O–H groups in total. The molecule has 2 heterocycles. The van der Waals surface area contributed by atoms with Crippen molar-refractivity contribution in [1.29, 1.82) is 0 Å².